The molecular weight excluding hydrogens is 456 g/mol. The molecule has 2 aromatic rings. The maximum atomic E-state index is 13.1. The predicted octanol–water partition coefficient (Wildman–Crippen LogP) is 2.43. The Morgan fingerprint density at radius 3 is 2.53 bits per heavy atom. The van der Waals surface area contributed by atoms with E-state index in [1.54, 1.807) is 6.07 Å². The molecule has 2 heterocycles. The Balaban J connectivity index is 1.54. The number of carbonyl (C=O) groups excluding carboxylic acids is 1. The van der Waals surface area contributed by atoms with Gasteiger partial charge in [-0.25, -0.2) is 8.42 Å². The van der Waals surface area contributed by atoms with Crippen LogP contribution in [0.1, 0.15) is 29.8 Å². The van der Waals surface area contributed by atoms with E-state index in [1.165, 1.54) is 46.8 Å². The summed E-state index contributed by atoms with van der Waals surface area (Å²) in [5.41, 5.74) is 1.07. The Labute approximate surface area is 186 Å². The number of hydrogen-bond donors (Lipinski definition) is 1. The Morgan fingerprint density at radius 2 is 1.81 bits per heavy atom. The van der Waals surface area contributed by atoms with Crippen molar-refractivity contribution in [1.29, 1.82) is 0 Å². The van der Waals surface area contributed by atoms with Gasteiger partial charge in [-0.1, -0.05) is 6.07 Å². The highest BCUT2D eigenvalue weighted by atomic mass is 32.2. The lowest BCUT2D eigenvalue weighted by Gasteiger charge is -2.34. The molecule has 9 nitrogen and oxygen atoms in total. The van der Waals surface area contributed by atoms with Gasteiger partial charge < -0.3 is 14.2 Å². The summed E-state index contributed by atoms with van der Waals surface area (Å²) in [6, 6.07) is 10.3. The molecule has 1 fully saturated rings. The lowest BCUT2D eigenvalue weighted by atomic mass is 10.1. The number of hydrogen-bond acceptors (Lipinski definition) is 7. The van der Waals surface area contributed by atoms with Crippen molar-refractivity contribution in [3.05, 3.63) is 59.0 Å². The highest BCUT2D eigenvalue weighted by molar-refractivity contribution is 7.90. The first-order valence-electron chi connectivity index (χ1n) is 9.87. The van der Waals surface area contributed by atoms with Crippen LogP contribution in [0.5, 0.6) is 5.75 Å². The molecule has 2 aromatic carbocycles. The number of ether oxygens (including phenoxy) is 1. The number of fused-ring (bicyclic) bond motifs is 1. The average molecular weight is 479 g/mol. The number of carbonyl (C=O) groups is 1. The standard InChI is InChI=1S/C21H22N2O7S2/c1-14-12-23(13-15(2)29-14)32(27,28)19-5-3-4-17(11-19)21(24)22-18-6-7-20-16(10-18)8-9-31(25,26)30-20/h3-11,14-15H,12-13H2,1-2H3,(H,22,24)/t14-,15+. The third-order valence-electron chi connectivity index (χ3n) is 5.01. The van der Waals surface area contributed by atoms with Gasteiger partial charge in [0.05, 0.1) is 22.5 Å². The summed E-state index contributed by atoms with van der Waals surface area (Å²) >= 11 is 0. The Morgan fingerprint density at radius 1 is 1.09 bits per heavy atom. The van der Waals surface area contributed by atoms with Crippen molar-refractivity contribution in [2.24, 2.45) is 0 Å². The molecule has 2 atom stereocenters. The largest absolute Gasteiger partial charge is 0.379 e. The van der Waals surface area contributed by atoms with E-state index in [2.05, 4.69) is 5.32 Å². The summed E-state index contributed by atoms with van der Waals surface area (Å²) in [5, 5.41) is 3.63. The fourth-order valence-corrected chi connectivity index (χ4v) is 6.03. The van der Waals surface area contributed by atoms with Gasteiger partial charge in [-0.05, 0) is 56.3 Å². The highest BCUT2D eigenvalue weighted by Gasteiger charge is 2.32. The Kier molecular flexibility index (Phi) is 5.84. The molecule has 0 spiro atoms. The first kappa shape index (κ1) is 22.5. The van der Waals surface area contributed by atoms with Crippen molar-refractivity contribution in [2.75, 3.05) is 18.4 Å². The minimum atomic E-state index is -3.79. The smallest absolute Gasteiger partial charge is 0.332 e. The van der Waals surface area contributed by atoms with E-state index in [-0.39, 0.29) is 41.5 Å². The lowest BCUT2D eigenvalue weighted by molar-refractivity contribution is -0.0440. The van der Waals surface area contributed by atoms with Crippen molar-refractivity contribution >= 4 is 37.8 Å². The zero-order chi connectivity index (χ0) is 23.1. The predicted molar refractivity (Wildman–Crippen MR) is 118 cm³/mol. The molecule has 0 aliphatic carbocycles. The minimum absolute atomic E-state index is 0.0263. The second-order valence-corrected chi connectivity index (χ2v) is 11.1. The summed E-state index contributed by atoms with van der Waals surface area (Å²) in [6.07, 6.45) is 0.926. The Bertz CT molecular complexity index is 1290. The van der Waals surface area contributed by atoms with Crippen LogP contribution in [0.3, 0.4) is 0 Å². The van der Waals surface area contributed by atoms with Gasteiger partial charge in [-0.15, -0.1) is 0 Å². The van der Waals surface area contributed by atoms with Crippen LogP contribution in [0, 0.1) is 0 Å². The number of anilines is 1. The molecule has 0 radical (unpaired) electrons. The Hall–Kier alpha value is -2.73. The van der Waals surface area contributed by atoms with Gasteiger partial charge in [-0.3, -0.25) is 4.79 Å². The van der Waals surface area contributed by atoms with Crippen LogP contribution in [-0.2, 0) is 24.9 Å². The molecule has 11 heteroatoms. The quantitative estimate of drug-likeness (QED) is 0.670. The van der Waals surface area contributed by atoms with Gasteiger partial charge in [0.1, 0.15) is 5.75 Å². The number of amides is 1. The molecule has 0 bridgehead atoms. The first-order valence-corrected chi connectivity index (χ1v) is 12.8. The van der Waals surface area contributed by atoms with Crippen LogP contribution in [0.2, 0.25) is 0 Å². The molecule has 1 amide bonds. The van der Waals surface area contributed by atoms with Crippen molar-refractivity contribution in [2.45, 2.75) is 31.0 Å². The molecule has 1 saturated heterocycles. The molecular formula is C21H22N2O7S2. The monoisotopic (exact) mass is 478 g/mol. The molecule has 32 heavy (non-hydrogen) atoms. The van der Waals surface area contributed by atoms with E-state index >= 15 is 0 Å². The summed E-state index contributed by atoms with van der Waals surface area (Å²) in [6.45, 7) is 4.11. The molecule has 0 unspecified atom stereocenters. The van der Waals surface area contributed by atoms with Crippen LogP contribution in [0.15, 0.2) is 52.8 Å². The minimum Gasteiger partial charge on any atom is -0.379 e. The lowest BCUT2D eigenvalue weighted by Crippen LogP contribution is -2.48. The van der Waals surface area contributed by atoms with Gasteiger partial charge in [0.25, 0.3) is 5.91 Å². The van der Waals surface area contributed by atoms with Gasteiger partial charge in [0.15, 0.2) is 0 Å². The molecule has 1 N–H and O–H groups in total. The van der Waals surface area contributed by atoms with E-state index in [0.29, 0.717) is 11.3 Å². The number of morpholine rings is 1. The molecule has 0 aromatic heterocycles. The number of nitrogens with zero attached hydrogens (tertiary/aromatic N) is 1. The topological polar surface area (TPSA) is 119 Å². The second kappa shape index (κ2) is 8.32. The molecule has 0 saturated carbocycles. The first-order chi connectivity index (χ1) is 15.0. The van der Waals surface area contributed by atoms with Gasteiger partial charge in [0, 0.05) is 29.9 Å². The average Bonchev–Trinajstić information content (AvgIpc) is 2.73. The third-order valence-corrected chi connectivity index (χ3v) is 7.72. The molecule has 2 aliphatic heterocycles. The SMILES string of the molecule is C[C@@H]1CN(S(=O)(=O)c2cccc(C(=O)Nc3ccc4c(c3)C=CS(=O)(=O)O4)c2)C[C@H](C)O1. The van der Waals surface area contributed by atoms with E-state index in [1.807, 2.05) is 13.8 Å². The van der Waals surface area contributed by atoms with Crippen LogP contribution in [0.25, 0.3) is 6.08 Å². The fraction of sp³-hybridized carbons (Fsp3) is 0.286. The third kappa shape index (κ3) is 4.70. The zero-order valence-electron chi connectivity index (χ0n) is 17.4. The van der Waals surface area contributed by atoms with Crippen molar-refractivity contribution < 1.29 is 30.6 Å². The van der Waals surface area contributed by atoms with E-state index in [4.69, 9.17) is 8.92 Å². The van der Waals surface area contributed by atoms with Gasteiger partial charge >= 0.3 is 10.1 Å². The normalized spacial score (nSPS) is 22.6. The van der Waals surface area contributed by atoms with Crippen molar-refractivity contribution in [1.82, 2.24) is 4.31 Å². The van der Waals surface area contributed by atoms with Crippen molar-refractivity contribution in [3.63, 3.8) is 0 Å². The van der Waals surface area contributed by atoms with Gasteiger partial charge in [-0.2, -0.15) is 12.7 Å². The van der Waals surface area contributed by atoms with Crippen LogP contribution >= 0.6 is 0 Å². The summed E-state index contributed by atoms with van der Waals surface area (Å²) in [4.78, 5) is 12.8. The zero-order valence-corrected chi connectivity index (χ0v) is 19.0. The number of benzene rings is 2. The molecule has 2 aliphatic rings. The summed E-state index contributed by atoms with van der Waals surface area (Å²) in [7, 11) is -7.54. The number of rotatable bonds is 4. The number of sulfonamides is 1. The highest BCUT2D eigenvalue weighted by Crippen LogP contribution is 2.30. The number of nitrogens with one attached hydrogen (secondary N) is 1. The van der Waals surface area contributed by atoms with Crippen LogP contribution < -0.4 is 9.50 Å². The molecule has 170 valence electrons. The maximum absolute atomic E-state index is 13.1. The van der Waals surface area contributed by atoms with E-state index in [0.717, 1.165) is 5.41 Å². The van der Waals surface area contributed by atoms with E-state index in [9.17, 15) is 21.6 Å². The van der Waals surface area contributed by atoms with Crippen LogP contribution in [-0.4, -0.2) is 52.3 Å². The second-order valence-electron chi connectivity index (χ2n) is 7.69. The van der Waals surface area contributed by atoms with E-state index < -0.39 is 26.0 Å². The molecule has 4 rings (SSSR count). The van der Waals surface area contributed by atoms with Gasteiger partial charge in [0.2, 0.25) is 10.0 Å². The fourth-order valence-electron chi connectivity index (χ4n) is 3.62. The summed E-state index contributed by atoms with van der Waals surface area (Å²) < 4.78 is 61.0. The van der Waals surface area contributed by atoms with Crippen molar-refractivity contribution in [3.8, 4) is 5.75 Å². The maximum Gasteiger partial charge on any atom is 0.332 e. The van der Waals surface area contributed by atoms with Crippen LogP contribution in [0.4, 0.5) is 5.69 Å². The summed E-state index contributed by atoms with van der Waals surface area (Å²) in [5.74, 6) is -0.341.